The van der Waals surface area contributed by atoms with E-state index >= 15 is 4.39 Å². The number of ether oxygens (including phenoxy) is 1. The molecule has 1 amide bonds. The van der Waals surface area contributed by atoms with Gasteiger partial charge in [0.25, 0.3) is 5.91 Å². The second-order valence-corrected chi connectivity index (χ2v) is 12.5. The maximum absolute atomic E-state index is 15.1. The second-order valence-electron chi connectivity index (χ2n) is 10.5. The third-order valence-electron chi connectivity index (χ3n) is 7.25. The predicted molar refractivity (Wildman–Crippen MR) is 158 cm³/mol. The number of halogens is 6. The molecule has 0 unspecified atom stereocenters. The highest BCUT2D eigenvalue weighted by molar-refractivity contribution is 7.90. The number of sulfone groups is 1. The minimum Gasteiger partial charge on any atom is -0.440 e. The van der Waals surface area contributed by atoms with Crippen molar-refractivity contribution in [3.63, 3.8) is 0 Å². The van der Waals surface area contributed by atoms with Crippen molar-refractivity contribution in [3.05, 3.63) is 83.4 Å². The van der Waals surface area contributed by atoms with Crippen molar-refractivity contribution >= 4 is 15.7 Å². The molecule has 0 aliphatic rings. The number of carbonyl (C=O) groups is 1. The SMILES string of the molecule is Cc1nc(-c2ccc(OC(F)F)c(F)c2)c(-c2cc(-c3cc(F)c(CO)c(S(C)(=O)=O)c3)ccc2-c2cc(C(F)(F)C(N)=O)nn2C)o1. The molecule has 5 rings (SSSR count). The Labute approximate surface area is 268 Å². The summed E-state index contributed by atoms with van der Waals surface area (Å²) < 4.78 is 121. The fraction of sp³-hybridized carbons (Fsp3) is 0.194. The van der Waals surface area contributed by atoms with Crippen LogP contribution in [0.2, 0.25) is 0 Å². The molecule has 0 aliphatic carbocycles. The van der Waals surface area contributed by atoms with Gasteiger partial charge >= 0.3 is 12.5 Å². The third-order valence-corrected chi connectivity index (χ3v) is 8.42. The van der Waals surface area contributed by atoms with Crippen LogP contribution in [0.5, 0.6) is 5.75 Å². The van der Waals surface area contributed by atoms with Crippen LogP contribution in [0.15, 0.2) is 63.9 Å². The van der Waals surface area contributed by atoms with Gasteiger partial charge in [-0.3, -0.25) is 9.48 Å². The van der Waals surface area contributed by atoms with Crippen molar-refractivity contribution in [2.75, 3.05) is 6.26 Å². The molecule has 10 nitrogen and oxygen atoms in total. The van der Waals surface area contributed by atoms with Gasteiger partial charge in [0.1, 0.15) is 17.2 Å². The molecular formula is C31H24F6N4O6S. The van der Waals surface area contributed by atoms with Crippen molar-refractivity contribution in [3.8, 4) is 50.7 Å². The van der Waals surface area contributed by atoms with Gasteiger partial charge in [-0.1, -0.05) is 12.1 Å². The molecule has 0 aliphatic heterocycles. The predicted octanol–water partition coefficient (Wildman–Crippen LogP) is 5.74. The summed E-state index contributed by atoms with van der Waals surface area (Å²) >= 11 is 0. The van der Waals surface area contributed by atoms with E-state index < -0.39 is 68.4 Å². The molecule has 48 heavy (non-hydrogen) atoms. The Hall–Kier alpha value is -5.16. The highest BCUT2D eigenvalue weighted by Gasteiger charge is 2.42. The number of oxazole rings is 1. The topological polar surface area (TPSA) is 151 Å². The number of primary amides is 1. The van der Waals surface area contributed by atoms with E-state index in [9.17, 15) is 40.3 Å². The smallest absolute Gasteiger partial charge is 0.387 e. The maximum atomic E-state index is 15.1. The molecule has 2 heterocycles. The monoisotopic (exact) mass is 694 g/mol. The molecule has 17 heteroatoms. The van der Waals surface area contributed by atoms with Crippen LogP contribution in [0.1, 0.15) is 17.1 Å². The number of alkyl halides is 4. The molecule has 0 radical (unpaired) electrons. The van der Waals surface area contributed by atoms with Gasteiger partial charge in [-0.05, 0) is 53.6 Å². The molecule has 2 aromatic heterocycles. The van der Waals surface area contributed by atoms with Gasteiger partial charge in [-0.2, -0.15) is 22.7 Å². The fourth-order valence-corrected chi connectivity index (χ4v) is 5.99. The summed E-state index contributed by atoms with van der Waals surface area (Å²) in [6.45, 7) is -2.76. The first-order valence-corrected chi connectivity index (χ1v) is 15.5. The number of aliphatic hydroxyl groups excluding tert-OH is 1. The van der Waals surface area contributed by atoms with Crippen LogP contribution in [-0.4, -0.2) is 47.1 Å². The van der Waals surface area contributed by atoms with Gasteiger partial charge in [0.05, 0.1) is 17.2 Å². The zero-order valence-electron chi connectivity index (χ0n) is 25.1. The van der Waals surface area contributed by atoms with Crippen molar-refractivity contribution in [1.29, 1.82) is 0 Å². The van der Waals surface area contributed by atoms with Crippen molar-refractivity contribution in [2.24, 2.45) is 12.8 Å². The number of amides is 1. The van der Waals surface area contributed by atoms with Crippen molar-refractivity contribution in [2.45, 2.75) is 31.0 Å². The lowest BCUT2D eigenvalue weighted by molar-refractivity contribution is -0.143. The number of aliphatic hydroxyl groups is 1. The van der Waals surface area contributed by atoms with E-state index in [4.69, 9.17) is 10.2 Å². The number of hydrogen-bond acceptors (Lipinski definition) is 8. The van der Waals surface area contributed by atoms with Crippen LogP contribution in [0.4, 0.5) is 26.3 Å². The fourth-order valence-electron chi connectivity index (χ4n) is 5.04. The lowest BCUT2D eigenvalue weighted by Crippen LogP contribution is -2.33. The van der Waals surface area contributed by atoms with Crippen LogP contribution in [-0.2, 0) is 34.2 Å². The number of hydrogen-bond donors (Lipinski definition) is 2. The number of rotatable bonds is 10. The maximum Gasteiger partial charge on any atom is 0.387 e. The van der Waals surface area contributed by atoms with Gasteiger partial charge in [0.15, 0.2) is 33.1 Å². The second kappa shape index (κ2) is 12.5. The van der Waals surface area contributed by atoms with E-state index in [-0.39, 0.29) is 50.9 Å². The van der Waals surface area contributed by atoms with Gasteiger partial charge in [0, 0.05) is 42.5 Å². The van der Waals surface area contributed by atoms with Crippen LogP contribution >= 0.6 is 0 Å². The Kier molecular flexibility index (Phi) is 8.87. The van der Waals surface area contributed by atoms with E-state index in [0.717, 1.165) is 41.3 Å². The summed E-state index contributed by atoms with van der Waals surface area (Å²) in [7, 11) is -2.73. The molecule has 0 saturated heterocycles. The summed E-state index contributed by atoms with van der Waals surface area (Å²) in [5.74, 6) is -9.09. The molecule has 0 bridgehead atoms. The quantitative estimate of drug-likeness (QED) is 0.176. The highest BCUT2D eigenvalue weighted by Crippen LogP contribution is 2.43. The van der Waals surface area contributed by atoms with E-state index in [2.05, 4.69) is 14.8 Å². The van der Waals surface area contributed by atoms with Gasteiger partial charge < -0.3 is 20.0 Å². The van der Waals surface area contributed by atoms with Crippen LogP contribution in [0, 0.1) is 18.6 Å². The van der Waals surface area contributed by atoms with Crippen molar-refractivity contribution in [1.82, 2.24) is 14.8 Å². The molecule has 5 aromatic rings. The third kappa shape index (κ3) is 6.37. The molecule has 252 valence electrons. The van der Waals surface area contributed by atoms with Gasteiger partial charge in [-0.25, -0.2) is 22.2 Å². The Bertz CT molecular complexity index is 2180. The first kappa shape index (κ1) is 34.2. The molecule has 3 aromatic carbocycles. The Balaban J connectivity index is 1.79. The number of carbonyl (C=O) groups excluding carboxylic acids is 1. The zero-order valence-corrected chi connectivity index (χ0v) is 25.9. The van der Waals surface area contributed by atoms with E-state index in [1.54, 1.807) is 0 Å². The zero-order chi connectivity index (χ0) is 35.3. The highest BCUT2D eigenvalue weighted by atomic mass is 32.2. The Morgan fingerprint density at radius 1 is 1.02 bits per heavy atom. The lowest BCUT2D eigenvalue weighted by atomic mass is 9.93. The summed E-state index contributed by atoms with van der Waals surface area (Å²) in [5.41, 5.74) is 3.86. The lowest BCUT2D eigenvalue weighted by Gasteiger charge is -2.14. The standard InChI is InChI=1S/C31H24F6N4O6S/c1-14-39-27(16-5-7-24(22(33)9-16)47-30(34)35)28(46-14)19-8-15(17-10-21(32)20(13-42)25(11-17)48(3,44)45)4-6-18(19)23-12-26(40-41(23)2)31(36,37)29(38)43/h4-12,30,42H,13H2,1-3H3,(H2,38,43). The normalized spacial score (nSPS) is 12.1. The summed E-state index contributed by atoms with van der Waals surface area (Å²) in [6, 6.07) is 10.3. The first-order chi connectivity index (χ1) is 22.4. The van der Waals surface area contributed by atoms with Crippen LogP contribution in [0.25, 0.3) is 45.0 Å². The van der Waals surface area contributed by atoms with Crippen LogP contribution in [0.3, 0.4) is 0 Å². The number of benzene rings is 3. The van der Waals surface area contributed by atoms with E-state index in [0.29, 0.717) is 0 Å². The molecule has 0 saturated carbocycles. The summed E-state index contributed by atoms with van der Waals surface area (Å²) in [4.78, 5) is 15.3. The van der Waals surface area contributed by atoms with E-state index in [1.165, 1.54) is 38.2 Å². The number of aryl methyl sites for hydroxylation is 2. The average molecular weight is 695 g/mol. The summed E-state index contributed by atoms with van der Waals surface area (Å²) in [6.07, 6.45) is 0.835. The minimum absolute atomic E-state index is 0.00188. The first-order valence-electron chi connectivity index (χ1n) is 13.6. The number of aromatic nitrogens is 3. The van der Waals surface area contributed by atoms with Crippen LogP contribution < -0.4 is 10.5 Å². The number of nitrogens with two attached hydrogens (primary N) is 1. The molecule has 0 spiro atoms. The Morgan fingerprint density at radius 3 is 2.29 bits per heavy atom. The Morgan fingerprint density at radius 2 is 1.69 bits per heavy atom. The largest absolute Gasteiger partial charge is 0.440 e. The average Bonchev–Trinajstić information content (AvgIpc) is 3.59. The molecular weight excluding hydrogens is 670 g/mol. The minimum atomic E-state index is -4.16. The molecule has 0 fully saturated rings. The van der Waals surface area contributed by atoms with Crippen molar-refractivity contribution < 1.29 is 53.8 Å². The summed E-state index contributed by atoms with van der Waals surface area (Å²) in [5, 5.41) is 13.4. The number of nitrogens with zero attached hydrogens (tertiary/aromatic N) is 3. The van der Waals surface area contributed by atoms with Gasteiger partial charge in [0.2, 0.25) is 0 Å². The molecule has 0 atom stereocenters. The van der Waals surface area contributed by atoms with Gasteiger partial charge in [-0.15, -0.1) is 0 Å². The van der Waals surface area contributed by atoms with E-state index in [1.807, 2.05) is 0 Å². The molecule has 3 N–H and O–H groups in total.